The minimum absolute atomic E-state index is 0. The Hall–Kier alpha value is 0.150. The fraction of sp³-hybridized carbons (Fsp3) is 0.625. The van der Waals surface area contributed by atoms with Gasteiger partial charge in [0.1, 0.15) is 12.3 Å². The van der Waals surface area contributed by atoms with Crippen molar-refractivity contribution in [3.8, 4) is 5.75 Å². The van der Waals surface area contributed by atoms with Crippen LogP contribution in [0.15, 0.2) is 24.3 Å². The fourth-order valence-electron chi connectivity index (χ4n) is 2.12. The maximum Gasteiger partial charge on any atom is 0.120 e. The Labute approximate surface area is 153 Å². The quantitative estimate of drug-likeness (QED) is 0.305. The molecule has 1 rings (SSSR count). The van der Waals surface area contributed by atoms with Crippen LogP contribution in [-0.2, 0) is 0 Å². The molecule has 122 valence electrons. The molecule has 1 N–H and O–H groups in total. The predicted octanol–water partition coefficient (Wildman–Crippen LogP) is 0.303. The lowest BCUT2D eigenvalue weighted by Gasteiger charge is -2.28. The molecule has 0 saturated heterocycles. The van der Waals surface area contributed by atoms with Gasteiger partial charge in [0, 0.05) is 3.57 Å². The van der Waals surface area contributed by atoms with Gasteiger partial charge >= 0.3 is 0 Å². The Morgan fingerprint density at radius 3 is 2.48 bits per heavy atom. The summed E-state index contributed by atoms with van der Waals surface area (Å²) in [6.07, 6.45) is 4.78. The standard InChI is InChI=1S/C16H27INO2.BrH/c1-18(2,11-12-19)10-5-3-4-6-13-20-16-9-7-8-15(17)14-16;/h7-9,14,19H,3-6,10-13H2,1-2H3;1H/q+1;/p-1/i17-4;. The molecule has 0 fully saturated rings. The Morgan fingerprint density at radius 2 is 1.81 bits per heavy atom. The number of halogens is 2. The highest BCUT2D eigenvalue weighted by atomic mass is 123. The lowest BCUT2D eigenvalue weighted by molar-refractivity contribution is -0.890. The SMILES string of the molecule is C[N+](C)(CCO)CCCCCCOc1cccc([123I])c1.[Br-]. The average molecular weight is 468 g/mol. The van der Waals surface area contributed by atoms with Gasteiger partial charge in [-0.25, -0.2) is 0 Å². The predicted molar refractivity (Wildman–Crippen MR) is 92.1 cm³/mol. The molecule has 0 aromatic heterocycles. The molecule has 0 aliphatic rings. The molecule has 1 aromatic rings. The van der Waals surface area contributed by atoms with E-state index in [1.807, 2.05) is 12.1 Å². The molecule has 0 aliphatic carbocycles. The molecular weight excluding hydrogens is 441 g/mol. The van der Waals surface area contributed by atoms with Gasteiger partial charge in [0.05, 0.1) is 33.9 Å². The molecule has 0 unspecified atom stereocenters. The van der Waals surface area contributed by atoms with Crippen molar-refractivity contribution in [3.05, 3.63) is 27.8 Å². The largest absolute Gasteiger partial charge is 1.00 e. The topological polar surface area (TPSA) is 29.5 Å². The lowest BCUT2D eigenvalue weighted by atomic mass is 10.2. The summed E-state index contributed by atoms with van der Waals surface area (Å²) in [6, 6.07) is 8.17. The molecule has 0 atom stereocenters. The third-order valence-electron chi connectivity index (χ3n) is 3.43. The molecule has 5 heteroatoms. The van der Waals surface area contributed by atoms with Crippen LogP contribution in [0.5, 0.6) is 5.75 Å². The van der Waals surface area contributed by atoms with Crippen LogP contribution in [-0.4, -0.2) is 50.0 Å². The summed E-state index contributed by atoms with van der Waals surface area (Å²) in [5, 5.41) is 8.97. The van der Waals surface area contributed by atoms with Crippen molar-refractivity contribution in [2.45, 2.75) is 25.7 Å². The number of quaternary nitrogens is 1. The molecule has 1 aromatic carbocycles. The first-order valence-corrected chi connectivity index (χ1v) is 8.43. The summed E-state index contributed by atoms with van der Waals surface area (Å²) in [6.45, 7) is 3.06. The van der Waals surface area contributed by atoms with E-state index in [9.17, 15) is 0 Å². The van der Waals surface area contributed by atoms with Gasteiger partial charge < -0.3 is 31.3 Å². The molecule has 0 spiro atoms. The van der Waals surface area contributed by atoms with Crippen LogP contribution in [0, 0.1) is 3.57 Å². The van der Waals surface area contributed by atoms with E-state index >= 15 is 0 Å². The van der Waals surface area contributed by atoms with E-state index in [-0.39, 0.29) is 23.6 Å². The molecule has 0 radical (unpaired) electrons. The first-order valence-electron chi connectivity index (χ1n) is 7.35. The van der Waals surface area contributed by atoms with E-state index in [1.165, 1.54) is 22.8 Å². The zero-order valence-electron chi connectivity index (χ0n) is 13.0. The number of rotatable bonds is 10. The van der Waals surface area contributed by atoms with E-state index in [0.717, 1.165) is 36.3 Å². The van der Waals surface area contributed by atoms with Gasteiger partial charge in [-0.3, -0.25) is 0 Å². The summed E-state index contributed by atoms with van der Waals surface area (Å²) >= 11 is 2.30. The molecule has 0 bridgehead atoms. The first kappa shape index (κ1) is 21.1. The van der Waals surface area contributed by atoms with E-state index in [0.29, 0.717) is 0 Å². The van der Waals surface area contributed by atoms with Crippen LogP contribution in [0.25, 0.3) is 0 Å². The van der Waals surface area contributed by atoms with Gasteiger partial charge in [0.2, 0.25) is 0 Å². The van der Waals surface area contributed by atoms with Crippen LogP contribution in [0.4, 0.5) is 0 Å². The summed E-state index contributed by atoms with van der Waals surface area (Å²) < 4.78 is 7.86. The van der Waals surface area contributed by atoms with Crippen molar-refractivity contribution >= 4 is 22.6 Å². The van der Waals surface area contributed by atoms with Gasteiger partial charge in [-0.1, -0.05) is 6.07 Å². The number of unbranched alkanes of at least 4 members (excludes halogenated alkanes) is 3. The van der Waals surface area contributed by atoms with E-state index in [1.54, 1.807) is 0 Å². The summed E-state index contributed by atoms with van der Waals surface area (Å²) in [4.78, 5) is 0. The number of ether oxygens (including phenoxy) is 1. The second-order valence-electron chi connectivity index (χ2n) is 5.83. The van der Waals surface area contributed by atoms with Gasteiger partial charge in [-0.05, 0) is 66.5 Å². The van der Waals surface area contributed by atoms with Crippen LogP contribution < -0.4 is 21.7 Å². The van der Waals surface area contributed by atoms with Gasteiger partial charge in [-0.2, -0.15) is 0 Å². The zero-order valence-corrected chi connectivity index (χ0v) is 16.8. The molecular formula is C16H27BrINO2. The van der Waals surface area contributed by atoms with Crippen LogP contribution in [0.1, 0.15) is 25.7 Å². The van der Waals surface area contributed by atoms with E-state index < -0.39 is 0 Å². The zero-order chi connectivity index (χ0) is 14.8. The number of hydrogen-bond donors (Lipinski definition) is 1. The number of nitrogens with zero attached hydrogens (tertiary/aromatic N) is 1. The number of aliphatic hydroxyl groups is 1. The van der Waals surface area contributed by atoms with Gasteiger partial charge in [-0.15, -0.1) is 0 Å². The Balaban J connectivity index is 0.00000400. The van der Waals surface area contributed by atoms with Crippen molar-refractivity contribution in [3.63, 3.8) is 0 Å². The molecule has 21 heavy (non-hydrogen) atoms. The van der Waals surface area contributed by atoms with Crippen molar-refractivity contribution in [1.29, 1.82) is 0 Å². The molecule has 0 saturated carbocycles. The highest BCUT2D eigenvalue weighted by molar-refractivity contribution is 14.1. The van der Waals surface area contributed by atoms with E-state index in [4.69, 9.17) is 9.84 Å². The Morgan fingerprint density at radius 1 is 1.10 bits per heavy atom. The minimum Gasteiger partial charge on any atom is -1.00 e. The molecule has 0 heterocycles. The minimum atomic E-state index is 0. The molecule has 3 nitrogen and oxygen atoms in total. The smallest absolute Gasteiger partial charge is 0.120 e. The van der Waals surface area contributed by atoms with Crippen molar-refractivity contribution in [1.82, 2.24) is 0 Å². The Kier molecular flexibility index (Phi) is 11.8. The maximum atomic E-state index is 8.97. The van der Waals surface area contributed by atoms with Crippen LogP contribution in [0.3, 0.4) is 0 Å². The maximum absolute atomic E-state index is 8.97. The monoisotopic (exact) mass is 467 g/mol. The van der Waals surface area contributed by atoms with Crippen LogP contribution in [0.2, 0.25) is 0 Å². The van der Waals surface area contributed by atoms with E-state index in [2.05, 4.69) is 48.8 Å². The highest BCUT2D eigenvalue weighted by Gasteiger charge is 2.12. The average Bonchev–Trinajstić information content (AvgIpc) is 2.37. The normalized spacial score (nSPS) is 11.0. The summed E-state index contributed by atoms with van der Waals surface area (Å²) in [5.41, 5.74) is 0. The molecule has 0 aliphatic heterocycles. The van der Waals surface area contributed by atoms with Gasteiger partial charge in [0.15, 0.2) is 0 Å². The number of benzene rings is 1. The fourth-order valence-corrected chi connectivity index (χ4v) is 2.64. The lowest BCUT2D eigenvalue weighted by Crippen LogP contribution is -3.00. The number of hydrogen-bond acceptors (Lipinski definition) is 2. The molecule has 0 amide bonds. The van der Waals surface area contributed by atoms with Crippen LogP contribution >= 0.6 is 22.6 Å². The first-order chi connectivity index (χ1) is 9.53. The second-order valence-corrected chi connectivity index (χ2v) is 7.07. The van der Waals surface area contributed by atoms with Crippen molar-refractivity contribution in [2.75, 3.05) is 40.4 Å². The highest BCUT2D eigenvalue weighted by Crippen LogP contribution is 2.15. The Bertz CT molecular complexity index is 388. The number of aliphatic hydroxyl groups excluding tert-OH is 1. The van der Waals surface area contributed by atoms with Gasteiger partial charge in [0.25, 0.3) is 0 Å². The second kappa shape index (κ2) is 11.7. The van der Waals surface area contributed by atoms with Crippen molar-refractivity contribution < 1.29 is 31.3 Å². The summed E-state index contributed by atoms with van der Waals surface area (Å²) in [5.74, 6) is 0.970. The third-order valence-corrected chi connectivity index (χ3v) is 4.10. The summed E-state index contributed by atoms with van der Waals surface area (Å²) in [7, 11) is 4.35. The third kappa shape index (κ3) is 10.5. The van der Waals surface area contributed by atoms with Crippen molar-refractivity contribution in [2.24, 2.45) is 0 Å². The number of likely N-dealkylation sites (N-methyl/N-ethyl adjacent to an activating group) is 1.